The van der Waals surface area contributed by atoms with E-state index < -0.39 is 0 Å². The minimum atomic E-state index is -0.173. The summed E-state index contributed by atoms with van der Waals surface area (Å²) in [6, 6.07) is 34.1. The summed E-state index contributed by atoms with van der Waals surface area (Å²) in [4.78, 5) is 5.00. The summed E-state index contributed by atoms with van der Waals surface area (Å²) in [6.45, 7) is 6.57. The van der Waals surface area contributed by atoms with E-state index in [1.54, 1.807) is 0 Å². The van der Waals surface area contributed by atoms with Crippen molar-refractivity contribution in [3.05, 3.63) is 132 Å². The Hall–Kier alpha value is -2.52. The first-order chi connectivity index (χ1) is 14.6. The Bertz CT molecular complexity index is 1110. The van der Waals surface area contributed by atoms with Crippen LogP contribution in [-0.4, -0.2) is 4.98 Å². The van der Waals surface area contributed by atoms with E-state index in [1.807, 2.05) is 36.4 Å². The van der Waals surface area contributed by atoms with Gasteiger partial charge in [-0.25, -0.2) is 0 Å². The molecule has 0 aliphatic heterocycles. The molecule has 4 aromatic rings. The van der Waals surface area contributed by atoms with E-state index in [0.717, 1.165) is 28.2 Å². The summed E-state index contributed by atoms with van der Waals surface area (Å²) in [6.07, 6.45) is 0. The fourth-order valence-corrected chi connectivity index (χ4v) is 3.71. The Morgan fingerprint density at radius 3 is 2.22 bits per heavy atom. The second kappa shape index (κ2) is 11.9. The number of rotatable bonds is 6. The van der Waals surface area contributed by atoms with Gasteiger partial charge >= 0.3 is 0 Å². The number of aromatic nitrogens is 1. The normalized spacial score (nSPS) is 11.2. The van der Waals surface area contributed by atoms with Crippen molar-refractivity contribution in [2.75, 3.05) is 0 Å². The number of aryl methyl sites for hydroxylation is 1. The van der Waals surface area contributed by atoms with Gasteiger partial charge in [0.1, 0.15) is 0 Å². The fourth-order valence-electron chi connectivity index (χ4n) is 3.71. The van der Waals surface area contributed by atoms with E-state index >= 15 is 0 Å². The maximum atomic E-state index is 5.28. The Balaban J connectivity index is 0.00000181. The molecule has 0 fully saturated rings. The summed E-state index contributed by atoms with van der Waals surface area (Å²) in [5, 5.41) is 5.28. The first-order valence-electron chi connectivity index (χ1n) is 10.4. The first kappa shape index (κ1) is 25.7. The van der Waals surface area contributed by atoms with Crippen molar-refractivity contribution in [2.24, 2.45) is 0 Å². The minimum absolute atomic E-state index is 0. The number of nitrogens with zero attached hydrogens (tertiary/aromatic N) is 2. The molecule has 0 saturated heterocycles. The van der Waals surface area contributed by atoms with Crippen LogP contribution in [0.4, 0.5) is 5.69 Å². The van der Waals surface area contributed by atoms with Crippen LogP contribution in [0.2, 0.25) is 0 Å². The molecule has 4 rings (SSSR count). The molecular weight excluding hydrogens is 555 g/mol. The van der Waals surface area contributed by atoms with Gasteiger partial charge in [0.15, 0.2) is 0 Å². The van der Waals surface area contributed by atoms with Crippen molar-refractivity contribution in [2.45, 2.75) is 32.7 Å². The van der Waals surface area contributed by atoms with E-state index in [-0.39, 0.29) is 39.3 Å². The monoisotopic (exact) mass is 585 g/mol. The van der Waals surface area contributed by atoms with Crippen molar-refractivity contribution in [1.29, 1.82) is 0 Å². The molecular formula is C29H29HfN2-3. The molecule has 3 aromatic carbocycles. The van der Waals surface area contributed by atoms with Crippen LogP contribution in [-0.2, 0) is 25.8 Å². The van der Waals surface area contributed by atoms with Crippen molar-refractivity contribution >= 4 is 5.69 Å². The van der Waals surface area contributed by atoms with Gasteiger partial charge in [-0.1, -0.05) is 91.2 Å². The second-order valence-corrected chi connectivity index (χ2v) is 7.83. The van der Waals surface area contributed by atoms with Crippen LogP contribution in [0.15, 0.2) is 91.0 Å². The average molecular weight is 584 g/mol. The van der Waals surface area contributed by atoms with E-state index in [9.17, 15) is 0 Å². The zero-order chi connectivity index (χ0) is 20.9. The number of pyridine rings is 1. The van der Waals surface area contributed by atoms with Gasteiger partial charge in [0.05, 0.1) is 0 Å². The van der Waals surface area contributed by atoms with Crippen molar-refractivity contribution < 1.29 is 25.8 Å². The van der Waals surface area contributed by atoms with E-state index in [2.05, 4.69) is 81.4 Å². The molecule has 1 aromatic heterocycles. The van der Waals surface area contributed by atoms with Crippen LogP contribution in [0.25, 0.3) is 16.6 Å². The summed E-state index contributed by atoms with van der Waals surface area (Å²) in [5.74, 6) is 0.401. The third-order valence-corrected chi connectivity index (χ3v) is 5.30. The Kier molecular flexibility index (Phi) is 9.59. The Morgan fingerprint density at radius 1 is 0.812 bits per heavy atom. The minimum Gasteiger partial charge on any atom is -0.673 e. The van der Waals surface area contributed by atoms with E-state index in [1.165, 1.54) is 11.1 Å². The van der Waals surface area contributed by atoms with Crippen LogP contribution in [0.3, 0.4) is 0 Å². The van der Waals surface area contributed by atoms with Gasteiger partial charge in [0, 0.05) is 31.5 Å². The van der Waals surface area contributed by atoms with Crippen molar-refractivity contribution in [3.8, 4) is 11.3 Å². The van der Waals surface area contributed by atoms with Gasteiger partial charge in [-0.05, 0) is 30.6 Å². The molecule has 0 bridgehead atoms. The fraction of sp³-hybridized carbons (Fsp3) is 0.172. The zero-order valence-corrected chi connectivity index (χ0v) is 22.8. The molecule has 1 heterocycles. The summed E-state index contributed by atoms with van der Waals surface area (Å²) < 4.78 is 0. The molecule has 32 heavy (non-hydrogen) atoms. The topological polar surface area (TPSA) is 27.0 Å². The van der Waals surface area contributed by atoms with Gasteiger partial charge in [-0.15, -0.1) is 41.6 Å². The maximum Gasteiger partial charge on any atom is 0.0195 e. The third kappa shape index (κ3) is 5.83. The molecule has 0 spiro atoms. The van der Waals surface area contributed by atoms with Crippen molar-refractivity contribution in [1.82, 2.24) is 4.98 Å². The predicted molar refractivity (Wildman–Crippen MR) is 131 cm³/mol. The molecule has 0 saturated carbocycles. The molecule has 0 aliphatic rings. The standard InChI is InChI=1S/C28H26N2.CH3.Hf/c1-20(2)24-17-10-12-21(3)27(24)30-28(23-15-8-5-9-16-23)26-19-11-18-25(29-26)22-13-6-4-7-14-22;;/h4-13,15-20,28H,1-3H3;1H3;/q-2;-1;. The quantitative estimate of drug-likeness (QED) is 0.166. The van der Waals surface area contributed by atoms with Crippen molar-refractivity contribution in [3.63, 3.8) is 0 Å². The van der Waals surface area contributed by atoms with Gasteiger partial charge in [-0.3, -0.25) is 0 Å². The molecule has 162 valence electrons. The molecule has 0 amide bonds. The van der Waals surface area contributed by atoms with Crippen LogP contribution >= 0.6 is 0 Å². The van der Waals surface area contributed by atoms with Crippen LogP contribution < -0.4 is 0 Å². The maximum absolute atomic E-state index is 5.28. The molecule has 3 heteroatoms. The number of hydrogen-bond donors (Lipinski definition) is 0. The second-order valence-electron chi connectivity index (χ2n) is 7.83. The number of para-hydroxylation sites is 1. The van der Waals surface area contributed by atoms with Gasteiger partial charge in [0.2, 0.25) is 0 Å². The molecule has 0 radical (unpaired) electrons. The van der Waals surface area contributed by atoms with Crippen LogP contribution in [0.5, 0.6) is 0 Å². The predicted octanol–water partition coefficient (Wildman–Crippen LogP) is 8.22. The summed E-state index contributed by atoms with van der Waals surface area (Å²) >= 11 is 0. The van der Waals surface area contributed by atoms with E-state index in [0.29, 0.717) is 5.92 Å². The molecule has 1 unspecified atom stereocenters. The molecule has 0 aliphatic carbocycles. The van der Waals surface area contributed by atoms with Crippen LogP contribution in [0.1, 0.15) is 48.2 Å². The first-order valence-corrected chi connectivity index (χ1v) is 10.4. The molecule has 0 N–H and O–H groups in total. The Morgan fingerprint density at radius 2 is 1.53 bits per heavy atom. The average Bonchev–Trinajstić information content (AvgIpc) is 2.79. The third-order valence-electron chi connectivity index (χ3n) is 5.30. The Labute approximate surface area is 211 Å². The summed E-state index contributed by atoms with van der Waals surface area (Å²) in [5.41, 5.74) is 7.51. The summed E-state index contributed by atoms with van der Waals surface area (Å²) in [7, 11) is 0. The van der Waals surface area contributed by atoms with E-state index in [4.69, 9.17) is 10.3 Å². The molecule has 1 atom stereocenters. The number of benzene rings is 3. The van der Waals surface area contributed by atoms with Gasteiger partial charge < -0.3 is 17.7 Å². The smallest absolute Gasteiger partial charge is 0.0195 e. The molecule has 2 nitrogen and oxygen atoms in total. The zero-order valence-electron chi connectivity index (χ0n) is 19.2. The number of hydrogen-bond acceptors (Lipinski definition) is 1. The van der Waals surface area contributed by atoms with Crippen LogP contribution in [0, 0.1) is 20.4 Å². The van der Waals surface area contributed by atoms with Gasteiger partial charge in [-0.2, -0.15) is 0 Å². The van der Waals surface area contributed by atoms with Gasteiger partial charge in [0.25, 0.3) is 0 Å². The SMILES string of the molecule is Cc1cccc(C(C)C)c1[N-]C(c1ccccc1)c1cccc(-c2[c-]cccc2)n1.[CH3-].[Hf]. The largest absolute Gasteiger partial charge is 0.673 e.